The van der Waals surface area contributed by atoms with Crippen LogP contribution in [0.25, 0.3) is 16.7 Å². The zero-order chi connectivity index (χ0) is 23.5. The Kier molecular flexibility index (Phi) is 6.31. The molecular weight excluding hydrogens is 416 g/mol. The number of pyridine rings is 1. The van der Waals surface area contributed by atoms with Crippen LogP contribution in [0.1, 0.15) is 36.6 Å². The smallest absolute Gasteiger partial charge is 0.263 e. The summed E-state index contributed by atoms with van der Waals surface area (Å²) < 4.78 is 12.8. The molecule has 0 fully saturated rings. The second-order valence-corrected chi connectivity index (χ2v) is 8.30. The Bertz CT molecular complexity index is 1310. The fraction of sp³-hybridized carbons (Fsp3) is 0.269. The number of methoxy groups -OCH3 is 1. The van der Waals surface area contributed by atoms with Gasteiger partial charge in [0.25, 0.3) is 5.91 Å². The molecule has 0 aliphatic rings. The highest BCUT2D eigenvalue weighted by molar-refractivity contribution is 5.92. The molecule has 2 aromatic heterocycles. The van der Waals surface area contributed by atoms with Crippen molar-refractivity contribution in [2.24, 2.45) is 0 Å². The first-order valence-electron chi connectivity index (χ1n) is 10.9. The van der Waals surface area contributed by atoms with Gasteiger partial charge in [-0.1, -0.05) is 38.1 Å². The van der Waals surface area contributed by atoms with Crippen molar-refractivity contribution in [3.8, 4) is 17.3 Å². The van der Waals surface area contributed by atoms with Crippen LogP contribution in [0.5, 0.6) is 11.5 Å². The van der Waals surface area contributed by atoms with Crippen LogP contribution in [0.3, 0.4) is 0 Å². The average molecular weight is 445 g/mol. The Labute approximate surface area is 193 Å². The van der Waals surface area contributed by atoms with E-state index < -0.39 is 0 Å². The van der Waals surface area contributed by atoms with Gasteiger partial charge in [-0.05, 0) is 55.2 Å². The lowest BCUT2D eigenvalue weighted by Gasteiger charge is -2.13. The maximum absolute atomic E-state index is 12.7. The van der Waals surface area contributed by atoms with E-state index in [-0.39, 0.29) is 12.5 Å². The molecule has 0 bridgehead atoms. The topological polar surface area (TPSA) is 78.3 Å². The van der Waals surface area contributed by atoms with Crippen molar-refractivity contribution in [2.45, 2.75) is 33.6 Å². The van der Waals surface area contributed by atoms with E-state index in [1.54, 1.807) is 17.9 Å². The number of benzene rings is 2. The summed E-state index contributed by atoms with van der Waals surface area (Å²) in [5.74, 6) is 2.58. The minimum atomic E-state index is -0.277. The van der Waals surface area contributed by atoms with Crippen molar-refractivity contribution in [2.75, 3.05) is 19.0 Å². The van der Waals surface area contributed by atoms with Crippen LogP contribution in [0.2, 0.25) is 0 Å². The first-order chi connectivity index (χ1) is 15.9. The van der Waals surface area contributed by atoms with Crippen molar-refractivity contribution in [3.63, 3.8) is 0 Å². The van der Waals surface area contributed by atoms with E-state index in [2.05, 4.69) is 24.3 Å². The van der Waals surface area contributed by atoms with Crippen LogP contribution in [-0.4, -0.2) is 34.4 Å². The molecule has 4 rings (SSSR count). The van der Waals surface area contributed by atoms with E-state index in [0.717, 1.165) is 27.7 Å². The van der Waals surface area contributed by atoms with Crippen LogP contribution in [0.15, 0.2) is 54.6 Å². The Morgan fingerprint density at radius 2 is 1.88 bits per heavy atom. The third kappa shape index (κ3) is 4.82. The largest absolute Gasteiger partial charge is 0.494 e. The molecule has 1 amide bonds. The van der Waals surface area contributed by atoms with E-state index in [1.165, 1.54) is 0 Å². The SMILES string of the molecule is COc1cccc2c(C)cc(-n3nc(C)cc3NC(=O)COc3cccc(C(C)C)c3)nc12. The number of anilines is 1. The van der Waals surface area contributed by atoms with Gasteiger partial charge in [-0.25, -0.2) is 4.98 Å². The fourth-order valence-electron chi connectivity index (χ4n) is 3.70. The molecule has 170 valence electrons. The first kappa shape index (κ1) is 22.3. The van der Waals surface area contributed by atoms with Crippen LogP contribution in [0.4, 0.5) is 5.82 Å². The number of amides is 1. The summed E-state index contributed by atoms with van der Waals surface area (Å²) in [6, 6.07) is 17.4. The quantitative estimate of drug-likeness (QED) is 0.425. The Hall–Kier alpha value is -3.87. The molecule has 0 atom stereocenters. The van der Waals surface area contributed by atoms with Gasteiger partial charge in [0.15, 0.2) is 12.4 Å². The highest BCUT2D eigenvalue weighted by Gasteiger charge is 2.15. The summed E-state index contributed by atoms with van der Waals surface area (Å²) in [5.41, 5.74) is 3.70. The molecular formula is C26H28N4O3. The molecule has 0 unspecified atom stereocenters. The minimum Gasteiger partial charge on any atom is -0.494 e. The molecule has 2 heterocycles. The molecule has 0 saturated heterocycles. The predicted octanol–water partition coefficient (Wildman–Crippen LogP) is 5.19. The molecule has 33 heavy (non-hydrogen) atoms. The normalized spacial score (nSPS) is 11.1. The zero-order valence-corrected chi connectivity index (χ0v) is 19.5. The van der Waals surface area contributed by atoms with Crippen LogP contribution < -0.4 is 14.8 Å². The molecule has 0 radical (unpaired) electrons. The van der Waals surface area contributed by atoms with Crippen molar-refractivity contribution in [3.05, 3.63) is 71.4 Å². The highest BCUT2D eigenvalue weighted by atomic mass is 16.5. The van der Waals surface area contributed by atoms with Crippen molar-refractivity contribution in [1.29, 1.82) is 0 Å². The van der Waals surface area contributed by atoms with Crippen LogP contribution >= 0.6 is 0 Å². The maximum Gasteiger partial charge on any atom is 0.263 e. The number of hydrogen-bond acceptors (Lipinski definition) is 5. The van der Waals surface area contributed by atoms with E-state index in [4.69, 9.17) is 14.5 Å². The molecule has 7 heteroatoms. The number of carbonyl (C=O) groups is 1. The van der Waals surface area contributed by atoms with Crippen molar-refractivity contribution in [1.82, 2.24) is 14.8 Å². The van der Waals surface area contributed by atoms with Gasteiger partial charge in [-0.15, -0.1) is 0 Å². The highest BCUT2D eigenvalue weighted by Crippen LogP contribution is 2.28. The number of aromatic nitrogens is 3. The lowest BCUT2D eigenvalue weighted by molar-refractivity contribution is -0.118. The fourth-order valence-corrected chi connectivity index (χ4v) is 3.70. The van der Waals surface area contributed by atoms with Crippen LogP contribution in [-0.2, 0) is 4.79 Å². The van der Waals surface area contributed by atoms with Gasteiger partial charge in [0, 0.05) is 11.5 Å². The number of nitrogens with one attached hydrogen (secondary N) is 1. The summed E-state index contributed by atoms with van der Waals surface area (Å²) >= 11 is 0. The third-order valence-corrected chi connectivity index (χ3v) is 5.43. The zero-order valence-electron chi connectivity index (χ0n) is 19.5. The van der Waals surface area contributed by atoms with Crippen molar-refractivity contribution < 1.29 is 14.3 Å². The minimum absolute atomic E-state index is 0.107. The van der Waals surface area contributed by atoms with Gasteiger partial charge in [0.2, 0.25) is 0 Å². The van der Waals surface area contributed by atoms with Crippen molar-refractivity contribution >= 4 is 22.6 Å². The van der Waals surface area contributed by atoms with E-state index >= 15 is 0 Å². The number of fused-ring (bicyclic) bond motifs is 1. The number of aryl methyl sites for hydroxylation is 2. The van der Waals surface area contributed by atoms with Gasteiger partial charge in [-0.3, -0.25) is 4.79 Å². The second-order valence-electron chi connectivity index (χ2n) is 8.30. The van der Waals surface area contributed by atoms with Gasteiger partial charge in [0.05, 0.1) is 12.8 Å². The van der Waals surface area contributed by atoms with Gasteiger partial charge in [0.1, 0.15) is 22.8 Å². The Morgan fingerprint density at radius 1 is 1.09 bits per heavy atom. The molecule has 0 saturated carbocycles. The second kappa shape index (κ2) is 9.32. The number of ether oxygens (including phenoxy) is 2. The summed E-state index contributed by atoms with van der Waals surface area (Å²) in [6.07, 6.45) is 0. The molecule has 1 N–H and O–H groups in total. The third-order valence-electron chi connectivity index (χ3n) is 5.43. The molecule has 2 aromatic carbocycles. The number of nitrogens with zero attached hydrogens (tertiary/aromatic N) is 3. The standard InChI is InChI=1S/C26H28N4O3/c1-16(2)19-8-6-9-20(14-19)33-15-25(31)27-24-13-18(4)29-30(24)23-12-17(3)21-10-7-11-22(32-5)26(21)28-23/h6-14,16H,15H2,1-5H3,(H,27,31). The predicted molar refractivity (Wildman–Crippen MR) is 130 cm³/mol. The summed E-state index contributed by atoms with van der Waals surface area (Å²) in [6.45, 7) is 8.01. The molecule has 0 aliphatic heterocycles. The number of hydrogen-bond donors (Lipinski definition) is 1. The molecule has 4 aromatic rings. The van der Waals surface area contributed by atoms with E-state index in [9.17, 15) is 4.79 Å². The number of rotatable bonds is 7. The molecule has 0 aliphatic carbocycles. The monoisotopic (exact) mass is 444 g/mol. The lowest BCUT2D eigenvalue weighted by atomic mass is 10.0. The number of carbonyl (C=O) groups excluding carboxylic acids is 1. The van der Waals surface area contributed by atoms with Gasteiger partial charge < -0.3 is 14.8 Å². The summed E-state index contributed by atoms with van der Waals surface area (Å²) in [5, 5.41) is 8.45. The summed E-state index contributed by atoms with van der Waals surface area (Å²) in [7, 11) is 1.62. The summed E-state index contributed by atoms with van der Waals surface area (Å²) in [4.78, 5) is 17.4. The number of para-hydroxylation sites is 1. The average Bonchev–Trinajstić information content (AvgIpc) is 3.17. The maximum atomic E-state index is 12.7. The van der Waals surface area contributed by atoms with Gasteiger partial charge >= 0.3 is 0 Å². The first-order valence-corrected chi connectivity index (χ1v) is 10.9. The Morgan fingerprint density at radius 3 is 2.64 bits per heavy atom. The Balaban J connectivity index is 1.57. The van der Waals surface area contributed by atoms with Crippen LogP contribution in [0, 0.1) is 13.8 Å². The molecule has 0 spiro atoms. The van der Waals surface area contributed by atoms with E-state index in [0.29, 0.717) is 29.1 Å². The van der Waals surface area contributed by atoms with E-state index in [1.807, 2.05) is 62.4 Å². The molecule has 7 nitrogen and oxygen atoms in total. The van der Waals surface area contributed by atoms with Gasteiger partial charge in [-0.2, -0.15) is 9.78 Å². The lowest BCUT2D eigenvalue weighted by Crippen LogP contribution is -2.22.